The molecule has 2 aliphatic rings. The number of aryl methyl sites for hydroxylation is 1. The third-order valence-corrected chi connectivity index (χ3v) is 8.91. The van der Waals surface area contributed by atoms with Gasteiger partial charge < -0.3 is 0 Å². The first-order valence-electron chi connectivity index (χ1n) is 14.8. The first-order valence-corrected chi connectivity index (χ1v) is 14.8. The molecule has 0 heterocycles. The van der Waals surface area contributed by atoms with E-state index in [1.54, 1.807) is 12.1 Å². The van der Waals surface area contributed by atoms with Gasteiger partial charge in [-0.25, -0.2) is 8.78 Å². The number of rotatable bonds is 10. The first kappa shape index (κ1) is 27.1. The van der Waals surface area contributed by atoms with Gasteiger partial charge in [-0.1, -0.05) is 94.5 Å². The largest absolute Gasteiger partial charge is 0.203 e. The van der Waals surface area contributed by atoms with Crippen molar-refractivity contribution < 1.29 is 8.78 Å². The molecule has 0 radical (unpaired) electrons. The maximum absolute atomic E-state index is 14.7. The Kier molecular flexibility index (Phi) is 10.2. The van der Waals surface area contributed by atoms with Crippen LogP contribution in [0.3, 0.4) is 0 Å². The van der Waals surface area contributed by atoms with Crippen LogP contribution in [0.1, 0.15) is 114 Å². The van der Waals surface area contributed by atoms with Crippen LogP contribution in [0.2, 0.25) is 0 Å². The molecule has 2 fully saturated rings. The summed E-state index contributed by atoms with van der Waals surface area (Å²) in [4.78, 5) is 0. The van der Waals surface area contributed by atoms with E-state index in [1.165, 1.54) is 82.6 Å². The van der Waals surface area contributed by atoms with Crippen LogP contribution >= 0.6 is 0 Å². The molecule has 0 unspecified atom stereocenters. The van der Waals surface area contributed by atoms with Crippen molar-refractivity contribution in [2.24, 2.45) is 17.8 Å². The summed E-state index contributed by atoms with van der Waals surface area (Å²) in [5.41, 5.74) is 2.93. The maximum atomic E-state index is 14.7. The van der Waals surface area contributed by atoms with Crippen molar-refractivity contribution in [1.29, 1.82) is 0 Å². The lowest BCUT2D eigenvalue weighted by molar-refractivity contribution is 0.288. The molecule has 2 aromatic rings. The molecule has 0 bridgehead atoms. The van der Waals surface area contributed by atoms with Crippen LogP contribution in [0, 0.1) is 29.4 Å². The Hall–Kier alpha value is -1.96. The van der Waals surface area contributed by atoms with Gasteiger partial charge in [0.05, 0.1) is 0 Å². The third kappa shape index (κ3) is 7.08. The van der Waals surface area contributed by atoms with E-state index in [0.29, 0.717) is 23.5 Å². The van der Waals surface area contributed by atoms with Crippen molar-refractivity contribution in [2.45, 2.75) is 110 Å². The van der Waals surface area contributed by atoms with Crippen LogP contribution < -0.4 is 0 Å². The fourth-order valence-corrected chi connectivity index (χ4v) is 6.52. The SMILES string of the molecule is CCCCCC1CCC(/C=C/C2CCC(c3ccc(-c4ccc(CCC)c(F)c4F)cc3)CC2)CC1. The Morgan fingerprint density at radius 1 is 0.694 bits per heavy atom. The number of hydrogen-bond acceptors (Lipinski definition) is 0. The Labute approximate surface area is 218 Å². The predicted octanol–water partition coefficient (Wildman–Crippen LogP) is 10.8. The summed E-state index contributed by atoms with van der Waals surface area (Å²) in [7, 11) is 0. The Morgan fingerprint density at radius 2 is 1.33 bits per heavy atom. The minimum Gasteiger partial charge on any atom is -0.203 e. The zero-order valence-electron chi connectivity index (χ0n) is 22.6. The van der Waals surface area contributed by atoms with Crippen LogP contribution in [0.15, 0.2) is 48.6 Å². The highest BCUT2D eigenvalue weighted by Gasteiger charge is 2.23. The van der Waals surface area contributed by atoms with Gasteiger partial charge in [-0.05, 0) is 98.1 Å². The van der Waals surface area contributed by atoms with Gasteiger partial charge in [0.25, 0.3) is 0 Å². The fourth-order valence-electron chi connectivity index (χ4n) is 6.52. The number of benzene rings is 2. The van der Waals surface area contributed by atoms with Gasteiger partial charge in [0.2, 0.25) is 0 Å². The molecule has 2 heteroatoms. The molecule has 0 nitrogen and oxygen atoms in total. The standard InChI is InChI=1S/C34H46F2/c1-3-5-6-8-25-9-11-26(12-10-25)13-14-27-15-17-28(18-16-27)29-19-21-30(22-20-29)32-24-23-31(7-4-2)33(35)34(32)36/h13-14,19-28H,3-12,15-18H2,1-2H3/b14-13+. The average molecular weight is 493 g/mol. The lowest BCUT2D eigenvalue weighted by atomic mass is 9.76. The summed E-state index contributed by atoms with van der Waals surface area (Å²) < 4.78 is 29.1. The maximum Gasteiger partial charge on any atom is 0.166 e. The van der Waals surface area contributed by atoms with E-state index in [4.69, 9.17) is 0 Å². The lowest BCUT2D eigenvalue weighted by Gasteiger charge is -2.29. The summed E-state index contributed by atoms with van der Waals surface area (Å²) in [6.07, 6.45) is 22.7. The summed E-state index contributed by atoms with van der Waals surface area (Å²) in [6, 6.07) is 11.7. The summed E-state index contributed by atoms with van der Waals surface area (Å²) >= 11 is 0. The highest BCUT2D eigenvalue weighted by Crippen LogP contribution is 2.38. The van der Waals surface area contributed by atoms with Crippen molar-refractivity contribution in [1.82, 2.24) is 0 Å². The molecule has 2 saturated carbocycles. The Bertz CT molecular complexity index is 957. The van der Waals surface area contributed by atoms with Gasteiger partial charge in [-0.15, -0.1) is 0 Å². The van der Waals surface area contributed by atoms with Crippen LogP contribution in [0.4, 0.5) is 8.78 Å². The van der Waals surface area contributed by atoms with E-state index in [1.807, 2.05) is 19.1 Å². The quantitative estimate of drug-likeness (QED) is 0.228. The molecule has 36 heavy (non-hydrogen) atoms. The Morgan fingerprint density at radius 3 is 1.94 bits per heavy atom. The van der Waals surface area contributed by atoms with E-state index in [9.17, 15) is 8.78 Å². The molecule has 0 aliphatic heterocycles. The van der Waals surface area contributed by atoms with Crippen LogP contribution in [-0.4, -0.2) is 0 Å². The lowest BCUT2D eigenvalue weighted by Crippen LogP contribution is -2.14. The minimum absolute atomic E-state index is 0.364. The van der Waals surface area contributed by atoms with Crippen molar-refractivity contribution >= 4 is 0 Å². The number of hydrogen-bond donors (Lipinski definition) is 0. The molecule has 0 saturated heterocycles. The zero-order chi connectivity index (χ0) is 25.3. The molecule has 0 aromatic heterocycles. The summed E-state index contributed by atoms with van der Waals surface area (Å²) in [5, 5.41) is 0. The Balaban J connectivity index is 1.25. The molecule has 0 N–H and O–H groups in total. The minimum atomic E-state index is -0.717. The summed E-state index contributed by atoms with van der Waals surface area (Å²) in [5.74, 6) is 1.69. The van der Waals surface area contributed by atoms with Crippen molar-refractivity contribution in [3.63, 3.8) is 0 Å². The van der Waals surface area contributed by atoms with Gasteiger partial charge in [0, 0.05) is 5.56 Å². The number of allylic oxidation sites excluding steroid dienone is 2. The zero-order valence-corrected chi connectivity index (χ0v) is 22.6. The molecule has 0 amide bonds. The van der Waals surface area contributed by atoms with E-state index >= 15 is 0 Å². The highest BCUT2D eigenvalue weighted by atomic mass is 19.2. The van der Waals surface area contributed by atoms with Crippen molar-refractivity contribution in [3.05, 3.63) is 71.3 Å². The average Bonchev–Trinajstić information content (AvgIpc) is 2.92. The van der Waals surface area contributed by atoms with Gasteiger partial charge in [0.15, 0.2) is 11.6 Å². The molecule has 2 aliphatic carbocycles. The van der Waals surface area contributed by atoms with Gasteiger partial charge in [-0.3, -0.25) is 0 Å². The third-order valence-electron chi connectivity index (χ3n) is 8.91. The molecule has 0 spiro atoms. The second-order valence-electron chi connectivity index (χ2n) is 11.5. The molecule has 196 valence electrons. The highest BCUT2D eigenvalue weighted by molar-refractivity contribution is 5.65. The molecule has 2 aromatic carbocycles. The summed E-state index contributed by atoms with van der Waals surface area (Å²) in [6.45, 7) is 4.28. The van der Waals surface area contributed by atoms with E-state index in [0.717, 1.165) is 29.7 Å². The van der Waals surface area contributed by atoms with Crippen LogP contribution in [0.5, 0.6) is 0 Å². The van der Waals surface area contributed by atoms with Crippen molar-refractivity contribution in [3.8, 4) is 11.1 Å². The first-order chi connectivity index (χ1) is 17.6. The fraction of sp³-hybridized carbons (Fsp3) is 0.588. The van der Waals surface area contributed by atoms with E-state index in [2.05, 4.69) is 31.2 Å². The van der Waals surface area contributed by atoms with E-state index < -0.39 is 11.6 Å². The normalized spacial score (nSPS) is 24.9. The topological polar surface area (TPSA) is 0 Å². The monoisotopic (exact) mass is 492 g/mol. The number of halogens is 2. The van der Waals surface area contributed by atoms with Gasteiger partial charge in [-0.2, -0.15) is 0 Å². The van der Waals surface area contributed by atoms with E-state index in [-0.39, 0.29) is 0 Å². The van der Waals surface area contributed by atoms with Crippen molar-refractivity contribution in [2.75, 3.05) is 0 Å². The second kappa shape index (κ2) is 13.5. The van der Waals surface area contributed by atoms with Crippen LogP contribution in [0.25, 0.3) is 11.1 Å². The van der Waals surface area contributed by atoms with Crippen LogP contribution in [-0.2, 0) is 6.42 Å². The van der Waals surface area contributed by atoms with Gasteiger partial charge >= 0.3 is 0 Å². The number of unbranched alkanes of at least 4 members (excludes halogenated alkanes) is 2. The molecule has 4 rings (SSSR count). The second-order valence-corrected chi connectivity index (χ2v) is 11.5. The molecular formula is C34H46F2. The predicted molar refractivity (Wildman–Crippen MR) is 149 cm³/mol. The van der Waals surface area contributed by atoms with Gasteiger partial charge in [0.1, 0.15) is 0 Å². The smallest absolute Gasteiger partial charge is 0.166 e. The molecule has 0 atom stereocenters. The molecular weight excluding hydrogens is 446 g/mol.